The van der Waals surface area contributed by atoms with Crippen molar-refractivity contribution in [2.45, 2.75) is 52.9 Å². The predicted molar refractivity (Wildman–Crippen MR) is 202 cm³/mol. The first kappa shape index (κ1) is 37.7. The Hall–Kier alpha value is -5.50. The minimum Gasteiger partial charge on any atom is -0.481 e. The summed E-state index contributed by atoms with van der Waals surface area (Å²) >= 11 is 1.38. The van der Waals surface area contributed by atoms with Gasteiger partial charge in [0.15, 0.2) is 17.3 Å². The summed E-state index contributed by atoms with van der Waals surface area (Å²) in [6.07, 6.45) is 3.07. The van der Waals surface area contributed by atoms with Crippen LogP contribution in [-0.2, 0) is 14.3 Å². The van der Waals surface area contributed by atoms with Gasteiger partial charge in [-0.1, -0.05) is 42.0 Å². The van der Waals surface area contributed by atoms with Gasteiger partial charge in [-0.3, -0.25) is 4.79 Å². The van der Waals surface area contributed by atoms with Gasteiger partial charge in [-0.25, -0.2) is 9.67 Å². The Morgan fingerprint density at radius 1 is 1.00 bits per heavy atom. The van der Waals surface area contributed by atoms with Crippen molar-refractivity contribution in [2.24, 2.45) is 10.2 Å². The highest BCUT2D eigenvalue weighted by Gasteiger charge is 2.19. The number of carboxylic acids is 1. The number of benzene rings is 2. The Morgan fingerprint density at radius 2 is 1.69 bits per heavy atom. The second-order valence-electron chi connectivity index (χ2n) is 12.4. The topological polar surface area (TPSA) is 197 Å². The fourth-order valence-corrected chi connectivity index (χ4v) is 6.54. The van der Waals surface area contributed by atoms with Gasteiger partial charge in [-0.2, -0.15) is 15.2 Å². The van der Waals surface area contributed by atoms with Crippen molar-refractivity contribution in [1.82, 2.24) is 24.7 Å². The Morgan fingerprint density at radius 3 is 2.37 bits per heavy atom. The van der Waals surface area contributed by atoms with Gasteiger partial charge < -0.3 is 30.5 Å². The van der Waals surface area contributed by atoms with Crippen LogP contribution in [-0.4, -0.2) is 76.3 Å². The largest absolute Gasteiger partial charge is 0.481 e. The molecule has 0 aliphatic heterocycles. The first-order valence-electron chi connectivity index (χ1n) is 16.9. The molecule has 16 heteroatoms. The fourth-order valence-electron chi connectivity index (χ4n) is 5.60. The smallest absolute Gasteiger partial charge is 0.303 e. The van der Waals surface area contributed by atoms with Crippen LogP contribution in [0.3, 0.4) is 0 Å². The summed E-state index contributed by atoms with van der Waals surface area (Å²) in [5.41, 5.74) is 6.27. The summed E-state index contributed by atoms with van der Waals surface area (Å²) in [6, 6.07) is 12.1. The number of thiazole rings is 1. The van der Waals surface area contributed by atoms with Gasteiger partial charge >= 0.3 is 5.97 Å². The van der Waals surface area contributed by atoms with Crippen molar-refractivity contribution in [3.8, 4) is 11.2 Å². The lowest BCUT2D eigenvalue weighted by atomic mass is 9.98. The molecule has 0 aliphatic carbocycles. The number of nitrogens with zero attached hydrogens (tertiary/aromatic N) is 8. The average Bonchev–Trinajstić information content (AvgIpc) is 3.73. The van der Waals surface area contributed by atoms with Crippen molar-refractivity contribution < 1.29 is 19.4 Å². The molecule has 0 radical (unpaired) electrons. The second kappa shape index (κ2) is 17.6. The average molecular weight is 726 g/mol. The number of azo groups is 1. The SMILES string of the molecule is COCCCNc1nc(NCCCOC)c(N=Nc2nn(-c3nc4ccc(C(C)CC(=O)O)cc4s3)cc2C#N)c(Nc2c(C)cc(C)cc2C)n1. The summed E-state index contributed by atoms with van der Waals surface area (Å²) in [6.45, 7) is 10.3. The number of hydrogen-bond donors (Lipinski definition) is 4. The molecule has 5 rings (SSSR count). The normalized spacial score (nSPS) is 11.9. The van der Waals surface area contributed by atoms with Gasteiger partial charge in [0.1, 0.15) is 11.6 Å². The van der Waals surface area contributed by atoms with Crippen molar-refractivity contribution in [3.05, 3.63) is 64.3 Å². The van der Waals surface area contributed by atoms with Crippen LogP contribution in [0, 0.1) is 32.1 Å². The van der Waals surface area contributed by atoms with Crippen LogP contribution < -0.4 is 16.0 Å². The zero-order valence-corrected chi connectivity index (χ0v) is 31.0. The van der Waals surface area contributed by atoms with Crippen LogP contribution in [0.2, 0.25) is 0 Å². The molecule has 0 saturated heterocycles. The summed E-state index contributed by atoms with van der Waals surface area (Å²) in [5.74, 6) is 0.330. The van der Waals surface area contributed by atoms with E-state index in [-0.39, 0.29) is 23.7 Å². The van der Waals surface area contributed by atoms with Crippen LogP contribution in [0.5, 0.6) is 0 Å². The van der Waals surface area contributed by atoms with E-state index >= 15 is 0 Å². The maximum absolute atomic E-state index is 11.3. The lowest BCUT2D eigenvalue weighted by Crippen LogP contribution is -2.13. The Balaban J connectivity index is 1.54. The zero-order valence-electron chi connectivity index (χ0n) is 30.1. The Kier molecular flexibility index (Phi) is 12.8. The van der Waals surface area contributed by atoms with Gasteiger partial charge in [0.25, 0.3) is 0 Å². The molecular formula is C36H43N11O4S. The van der Waals surface area contributed by atoms with E-state index in [0.29, 0.717) is 54.7 Å². The molecule has 4 N–H and O–H groups in total. The molecule has 0 fully saturated rings. The standard InChI is InChI=1S/C36H43N11O4S/c1-21-15-23(3)30(24(4)16-21)41-34-31(33(38-11-7-13-50-5)42-35(43-34)39-12-8-14-51-6)44-45-32-26(19-37)20-47(46-32)36-40-27-10-9-25(18-28(27)52-36)22(2)17-29(48)49/h9-10,15-16,18,20,22H,7-8,11-14,17H2,1-6H3,(H,48,49)(H3,38,39,41,42,43). The molecule has 0 saturated carbocycles. The molecular weight excluding hydrogens is 683 g/mol. The van der Waals surface area contributed by atoms with Crippen LogP contribution in [0.25, 0.3) is 15.3 Å². The lowest BCUT2D eigenvalue weighted by Gasteiger charge is -2.18. The Labute approximate surface area is 306 Å². The summed E-state index contributed by atoms with van der Waals surface area (Å²) in [5, 5.41) is 43.6. The molecule has 15 nitrogen and oxygen atoms in total. The lowest BCUT2D eigenvalue weighted by molar-refractivity contribution is -0.137. The molecule has 0 spiro atoms. The van der Waals surface area contributed by atoms with Gasteiger partial charge in [0.2, 0.25) is 16.9 Å². The van der Waals surface area contributed by atoms with E-state index in [1.165, 1.54) is 16.0 Å². The third-order valence-electron chi connectivity index (χ3n) is 8.14. The Bertz CT molecular complexity index is 2080. The van der Waals surface area contributed by atoms with E-state index in [2.05, 4.69) is 56.4 Å². The summed E-state index contributed by atoms with van der Waals surface area (Å²) in [4.78, 5) is 25.5. The van der Waals surface area contributed by atoms with E-state index in [0.717, 1.165) is 51.0 Å². The first-order chi connectivity index (χ1) is 25.1. The number of rotatable bonds is 18. The van der Waals surface area contributed by atoms with Crippen LogP contribution in [0.15, 0.2) is 46.8 Å². The maximum atomic E-state index is 11.3. The third kappa shape index (κ3) is 9.43. The molecule has 0 amide bonds. The van der Waals surface area contributed by atoms with E-state index in [9.17, 15) is 15.2 Å². The highest BCUT2D eigenvalue weighted by molar-refractivity contribution is 7.20. The quantitative estimate of drug-likeness (QED) is 0.0508. The molecule has 0 aliphatic rings. The molecule has 52 heavy (non-hydrogen) atoms. The third-order valence-corrected chi connectivity index (χ3v) is 9.15. The number of nitrogens with one attached hydrogen (secondary N) is 3. The fraction of sp³-hybridized carbons (Fsp3) is 0.389. The molecule has 3 aromatic heterocycles. The van der Waals surface area contributed by atoms with Crippen molar-refractivity contribution in [1.29, 1.82) is 5.26 Å². The van der Waals surface area contributed by atoms with Crippen molar-refractivity contribution in [2.75, 3.05) is 56.5 Å². The van der Waals surface area contributed by atoms with Gasteiger partial charge in [-0.05, 0) is 68.4 Å². The van der Waals surface area contributed by atoms with Crippen molar-refractivity contribution in [3.63, 3.8) is 0 Å². The van der Waals surface area contributed by atoms with E-state index in [1.54, 1.807) is 20.4 Å². The number of hydrogen-bond acceptors (Lipinski definition) is 14. The molecule has 1 unspecified atom stereocenters. The van der Waals surface area contributed by atoms with Crippen LogP contribution >= 0.6 is 11.3 Å². The number of methoxy groups -OCH3 is 2. The first-order valence-corrected chi connectivity index (χ1v) is 17.7. The predicted octanol–water partition coefficient (Wildman–Crippen LogP) is 7.70. The number of nitriles is 1. The minimum atomic E-state index is -0.853. The number of aliphatic carboxylic acids is 1. The van der Waals surface area contributed by atoms with Crippen LogP contribution in [0.1, 0.15) is 59.9 Å². The highest BCUT2D eigenvalue weighted by Crippen LogP contribution is 2.38. The highest BCUT2D eigenvalue weighted by atomic mass is 32.1. The zero-order chi connectivity index (χ0) is 37.2. The monoisotopic (exact) mass is 725 g/mol. The number of aromatic nitrogens is 5. The van der Waals surface area contributed by atoms with Gasteiger partial charge in [0.05, 0.1) is 22.8 Å². The van der Waals surface area contributed by atoms with E-state index in [4.69, 9.17) is 24.4 Å². The number of anilines is 4. The minimum absolute atomic E-state index is 0.0285. The number of ether oxygens (including phenoxy) is 2. The molecule has 3 heterocycles. The maximum Gasteiger partial charge on any atom is 0.303 e. The number of aryl methyl sites for hydroxylation is 3. The summed E-state index contributed by atoms with van der Waals surface area (Å²) in [7, 11) is 3.32. The van der Waals surface area contributed by atoms with Crippen LogP contribution in [0.4, 0.5) is 34.8 Å². The second-order valence-corrected chi connectivity index (χ2v) is 13.4. The molecule has 272 valence electrons. The number of fused-ring (bicyclic) bond motifs is 1. The number of carboxylic acid groups (broad SMARTS) is 1. The van der Waals surface area contributed by atoms with Gasteiger partial charge in [0, 0.05) is 46.2 Å². The molecule has 2 aromatic carbocycles. The number of carbonyl (C=O) groups is 1. The molecule has 5 aromatic rings. The molecule has 1 atom stereocenters. The van der Waals surface area contributed by atoms with E-state index < -0.39 is 5.97 Å². The van der Waals surface area contributed by atoms with E-state index in [1.807, 2.05) is 39.0 Å². The van der Waals surface area contributed by atoms with Gasteiger partial charge in [-0.15, -0.1) is 15.3 Å². The summed E-state index contributed by atoms with van der Waals surface area (Å²) < 4.78 is 12.8. The van der Waals surface area contributed by atoms with Crippen molar-refractivity contribution >= 4 is 62.3 Å². The molecule has 0 bridgehead atoms.